The van der Waals surface area contributed by atoms with Crippen LogP contribution in [0.15, 0.2) is 23.3 Å². The lowest BCUT2D eigenvalue weighted by Crippen LogP contribution is -2.32. The zero-order chi connectivity index (χ0) is 11.6. The average Bonchev–Trinajstić information content (AvgIpc) is 2.17. The minimum Gasteiger partial charge on any atom is -0.0998 e. The second-order valence-electron chi connectivity index (χ2n) is 5.71. The van der Waals surface area contributed by atoms with Gasteiger partial charge in [-0.2, -0.15) is 0 Å². The lowest BCUT2D eigenvalue weighted by atomic mass is 9.62. The van der Waals surface area contributed by atoms with Crippen LogP contribution >= 0.6 is 0 Å². The summed E-state index contributed by atoms with van der Waals surface area (Å²) in [5.41, 5.74) is 5.07. The minimum atomic E-state index is 0.491. The predicted octanol–water partition coefficient (Wildman–Crippen LogP) is 5.12. The first-order chi connectivity index (χ1) is 6.90. The maximum Gasteiger partial charge on any atom is -0.0117 e. The number of hydrogen-bond acceptors (Lipinski definition) is 0. The summed E-state index contributed by atoms with van der Waals surface area (Å²) in [6.45, 7) is 15.7. The van der Waals surface area contributed by atoms with Crippen molar-refractivity contribution in [2.45, 2.75) is 60.3 Å². The summed E-state index contributed by atoms with van der Waals surface area (Å²) in [7, 11) is 0. The van der Waals surface area contributed by atoms with Gasteiger partial charge < -0.3 is 0 Å². The molecule has 86 valence electrons. The van der Waals surface area contributed by atoms with Crippen molar-refractivity contribution < 1.29 is 0 Å². The van der Waals surface area contributed by atoms with Crippen LogP contribution in [0, 0.1) is 11.3 Å². The van der Waals surface area contributed by atoms with Crippen LogP contribution in [-0.2, 0) is 0 Å². The molecule has 0 aromatic rings. The summed E-state index contributed by atoms with van der Waals surface area (Å²) >= 11 is 0. The molecule has 0 radical (unpaired) electrons. The van der Waals surface area contributed by atoms with Gasteiger partial charge in [0.15, 0.2) is 0 Å². The van der Waals surface area contributed by atoms with Crippen molar-refractivity contribution in [2.75, 3.05) is 0 Å². The molecule has 0 aromatic heterocycles. The zero-order valence-corrected chi connectivity index (χ0v) is 11.1. The van der Waals surface area contributed by atoms with Gasteiger partial charge in [0.1, 0.15) is 0 Å². The number of allylic oxidation sites excluding steroid dienone is 3. The van der Waals surface area contributed by atoms with E-state index in [9.17, 15) is 0 Å². The quantitative estimate of drug-likeness (QED) is 0.550. The molecule has 0 bridgehead atoms. The molecule has 0 amide bonds. The molecular formula is C15H26. The topological polar surface area (TPSA) is 0 Å². The Morgan fingerprint density at radius 1 is 1.40 bits per heavy atom. The summed E-state index contributed by atoms with van der Waals surface area (Å²) in [4.78, 5) is 0. The van der Waals surface area contributed by atoms with E-state index in [2.05, 4.69) is 41.2 Å². The third-order valence-electron chi connectivity index (χ3n) is 4.40. The van der Waals surface area contributed by atoms with Crippen molar-refractivity contribution in [3.8, 4) is 0 Å². The van der Waals surface area contributed by atoms with E-state index in [1.165, 1.54) is 36.8 Å². The van der Waals surface area contributed by atoms with E-state index < -0.39 is 0 Å². The average molecular weight is 206 g/mol. The molecule has 15 heavy (non-hydrogen) atoms. The monoisotopic (exact) mass is 206 g/mol. The molecule has 1 saturated carbocycles. The van der Waals surface area contributed by atoms with Crippen LogP contribution in [0.1, 0.15) is 60.3 Å². The molecule has 0 saturated heterocycles. The fraction of sp³-hybridized carbons (Fsp3) is 0.733. The smallest absolute Gasteiger partial charge is 0.0117 e. The molecular weight excluding hydrogens is 180 g/mol. The first-order valence-electron chi connectivity index (χ1n) is 6.21. The third kappa shape index (κ3) is 2.53. The van der Waals surface area contributed by atoms with Gasteiger partial charge in [0, 0.05) is 0 Å². The van der Waals surface area contributed by atoms with Gasteiger partial charge in [-0.05, 0) is 51.4 Å². The van der Waals surface area contributed by atoms with E-state index in [0.29, 0.717) is 11.3 Å². The third-order valence-corrected chi connectivity index (χ3v) is 4.40. The summed E-state index contributed by atoms with van der Waals surface area (Å²) in [6.07, 6.45) is 5.17. The number of hydrogen-bond donors (Lipinski definition) is 0. The molecule has 1 fully saturated rings. The van der Waals surface area contributed by atoms with Gasteiger partial charge in [-0.15, -0.1) is 0 Å². The van der Waals surface area contributed by atoms with Gasteiger partial charge in [-0.3, -0.25) is 0 Å². The summed E-state index contributed by atoms with van der Waals surface area (Å²) < 4.78 is 0. The van der Waals surface area contributed by atoms with Gasteiger partial charge in [-0.1, -0.05) is 43.6 Å². The Morgan fingerprint density at radius 2 is 2.00 bits per heavy atom. The van der Waals surface area contributed by atoms with E-state index in [1.54, 1.807) is 5.57 Å². The molecule has 0 heteroatoms. The number of rotatable bonds is 2. The van der Waals surface area contributed by atoms with Crippen molar-refractivity contribution in [2.24, 2.45) is 11.3 Å². The first-order valence-corrected chi connectivity index (χ1v) is 6.21. The fourth-order valence-corrected chi connectivity index (χ4v) is 2.85. The van der Waals surface area contributed by atoms with Crippen molar-refractivity contribution in [1.82, 2.24) is 0 Å². The van der Waals surface area contributed by atoms with Gasteiger partial charge >= 0.3 is 0 Å². The standard InChI is InChI=1S/C15H26/c1-7-15(6)9-8-13(11(2)3)10-14(15)12(4)5/h14H,4,7-10H2,1-3,5-6H3. The molecule has 2 unspecified atom stereocenters. The van der Waals surface area contributed by atoms with Crippen molar-refractivity contribution in [3.63, 3.8) is 0 Å². The molecule has 2 atom stereocenters. The highest BCUT2D eigenvalue weighted by atomic mass is 14.4. The molecule has 0 spiro atoms. The molecule has 0 aliphatic heterocycles. The lowest BCUT2D eigenvalue weighted by Gasteiger charge is -2.43. The largest absolute Gasteiger partial charge is 0.0998 e. The van der Waals surface area contributed by atoms with Crippen LogP contribution in [-0.4, -0.2) is 0 Å². The maximum atomic E-state index is 4.19. The minimum absolute atomic E-state index is 0.491. The lowest BCUT2D eigenvalue weighted by molar-refractivity contribution is 0.163. The summed E-state index contributed by atoms with van der Waals surface area (Å²) in [5, 5.41) is 0. The first kappa shape index (κ1) is 12.5. The second-order valence-corrected chi connectivity index (χ2v) is 5.71. The van der Waals surface area contributed by atoms with Crippen LogP contribution in [0.4, 0.5) is 0 Å². The Morgan fingerprint density at radius 3 is 2.40 bits per heavy atom. The van der Waals surface area contributed by atoms with Crippen molar-refractivity contribution >= 4 is 0 Å². The van der Waals surface area contributed by atoms with Gasteiger partial charge in [0.25, 0.3) is 0 Å². The summed E-state index contributed by atoms with van der Waals surface area (Å²) in [5.74, 6) is 0.696. The highest BCUT2D eigenvalue weighted by Crippen LogP contribution is 2.48. The second kappa shape index (κ2) is 4.55. The van der Waals surface area contributed by atoms with E-state index in [-0.39, 0.29) is 0 Å². The Labute approximate surface area is 95.5 Å². The predicted molar refractivity (Wildman–Crippen MR) is 68.9 cm³/mol. The Bertz CT molecular complexity index is 278. The maximum absolute atomic E-state index is 4.19. The molecule has 1 aliphatic rings. The highest BCUT2D eigenvalue weighted by molar-refractivity contribution is 5.20. The Balaban J connectivity index is 2.93. The molecule has 0 nitrogen and oxygen atoms in total. The molecule has 1 rings (SSSR count). The highest BCUT2D eigenvalue weighted by Gasteiger charge is 2.36. The van der Waals surface area contributed by atoms with E-state index in [4.69, 9.17) is 0 Å². The van der Waals surface area contributed by atoms with Crippen molar-refractivity contribution in [1.29, 1.82) is 0 Å². The molecule has 0 aromatic carbocycles. The molecule has 0 heterocycles. The van der Waals surface area contributed by atoms with Gasteiger partial charge in [0.2, 0.25) is 0 Å². The summed E-state index contributed by atoms with van der Waals surface area (Å²) in [6, 6.07) is 0. The van der Waals surface area contributed by atoms with Crippen LogP contribution in [0.3, 0.4) is 0 Å². The normalized spacial score (nSPS) is 31.5. The fourth-order valence-electron chi connectivity index (χ4n) is 2.85. The van der Waals surface area contributed by atoms with Crippen LogP contribution < -0.4 is 0 Å². The van der Waals surface area contributed by atoms with Gasteiger partial charge in [0.05, 0.1) is 0 Å². The SMILES string of the molecule is C=C(C)C1CC(=C(C)C)CCC1(C)CC. The van der Waals surface area contributed by atoms with E-state index in [1.807, 2.05) is 0 Å². The molecule has 1 aliphatic carbocycles. The molecule has 0 N–H and O–H groups in total. The van der Waals surface area contributed by atoms with E-state index in [0.717, 1.165) is 0 Å². The van der Waals surface area contributed by atoms with Crippen LogP contribution in [0.2, 0.25) is 0 Å². The van der Waals surface area contributed by atoms with Gasteiger partial charge in [-0.25, -0.2) is 0 Å². The van der Waals surface area contributed by atoms with Crippen LogP contribution in [0.5, 0.6) is 0 Å². The Hall–Kier alpha value is -0.520. The van der Waals surface area contributed by atoms with Crippen LogP contribution in [0.25, 0.3) is 0 Å². The van der Waals surface area contributed by atoms with Crippen molar-refractivity contribution in [3.05, 3.63) is 23.3 Å². The Kier molecular flexibility index (Phi) is 3.81. The van der Waals surface area contributed by atoms with E-state index >= 15 is 0 Å². The zero-order valence-electron chi connectivity index (χ0n) is 11.1.